The van der Waals surface area contributed by atoms with E-state index < -0.39 is 11.6 Å². The highest BCUT2D eigenvalue weighted by Gasteiger charge is 2.54. The van der Waals surface area contributed by atoms with Gasteiger partial charge in [0.2, 0.25) is 0 Å². The Balaban J connectivity index is 2.45. The molecule has 0 saturated heterocycles. The van der Waals surface area contributed by atoms with Crippen molar-refractivity contribution in [3.63, 3.8) is 0 Å². The molecule has 88 valence electrons. The van der Waals surface area contributed by atoms with Crippen LogP contribution >= 0.6 is 0 Å². The van der Waals surface area contributed by atoms with Crippen molar-refractivity contribution >= 4 is 0 Å². The molecule has 2 atom stereocenters. The van der Waals surface area contributed by atoms with E-state index in [1.54, 1.807) is 28.1 Å². The molecule has 1 aromatic carbocycles. The van der Waals surface area contributed by atoms with Gasteiger partial charge in [0.1, 0.15) is 0 Å². The van der Waals surface area contributed by atoms with Gasteiger partial charge in [-0.1, -0.05) is 12.1 Å². The summed E-state index contributed by atoms with van der Waals surface area (Å²) in [6.07, 6.45) is 0. The van der Waals surface area contributed by atoms with Crippen molar-refractivity contribution < 1.29 is 18.9 Å². The number of methoxy groups -OCH3 is 2. The minimum absolute atomic E-state index is 0.654. The largest absolute Gasteiger partial charge is 0.452 e. The van der Waals surface area contributed by atoms with Gasteiger partial charge in [-0.25, -0.2) is 0 Å². The zero-order valence-electron chi connectivity index (χ0n) is 9.94. The number of fused-ring (bicyclic) bond motifs is 1. The average Bonchev–Trinajstić information content (AvgIpc) is 2.30. The Morgan fingerprint density at radius 2 is 1.25 bits per heavy atom. The lowest BCUT2D eigenvalue weighted by molar-refractivity contribution is -0.345. The maximum absolute atomic E-state index is 5.80. The Kier molecular flexibility index (Phi) is 2.56. The van der Waals surface area contributed by atoms with Gasteiger partial charge in [0, 0.05) is 28.1 Å². The van der Waals surface area contributed by atoms with Gasteiger partial charge >= 0.3 is 0 Å². The number of hydrogen-bond donors (Lipinski definition) is 0. The summed E-state index contributed by atoms with van der Waals surface area (Å²) < 4.78 is 22.3. The first-order valence-corrected chi connectivity index (χ1v) is 5.12. The van der Waals surface area contributed by atoms with Gasteiger partial charge < -0.3 is 18.9 Å². The molecule has 4 nitrogen and oxygen atoms in total. The van der Waals surface area contributed by atoms with Crippen LogP contribution in [0.3, 0.4) is 0 Å². The second kappa shape index (κ2) is 3.64. The van der Waals surface area contributed by atoms with E-state index >= 15 is 0 Å². The molecule has 0 saturated carbocycles. The molecule has 0 aromatic heterocycles. The third-order valence-electron chi connectivity index (χ3n) is 3.06. The van der Waals surface area contributed by atoms with E-state index in [4.69, 9.17) is 18.9 Å². The second-order valence-corrected chi connectivity index (χ2v) is 3.95. The molecule has 1 aromatic rings. The first kappa shape index (κ1) is 11.2. The van der Waals surface area contributed by atoms with Crippen LogP contribution in [0.4, 0.5) is 0 Å². The zero-order valence-corrected chi connectivity index (χ0v) is 9.94. The molecule has 1 aliphatic heterocycles. The Morgan fingerprint density at radius 3 is 1.56 bits per heavy atom. The van der Waals surface area contributed by atoms with Crippen LogP contribution in [0, 0.1) is 0 Å². The first-order chi connectivity index (χ1) is 7.54. The Hall–Kier alpha value is -1.26. The van der Waals surface area contributed by atoms with Crippen molar-refractivity contribution in [3.05, 3.63) is 24.3 Å². The lowest BCUT2D eigenvalue weighted by Crippen LogP contribution is -2.62. The van der Waals surface area contributed by atoms with Crippen molar-refractivity contribution in [2.45, 2.75) is 25.4 Å². The number of rotatable bonds is 2. The maximum atomic E-state index is 5.80. The number of para-hydroxylation sites is 2. The summed E-state index contributed by atoms with van der Waals surface area (Å²) in [5, 5.41) is 0. The lowest BCUT2D eigenvalue weighted by atomic mass is 10.1. The quantitative estimate of drug-likeness (QED) is 0.771. The molecule has 4 heteroatoms. The van der Waals surface area contributed by atoms with E-state index in [2.05, 4.69) is 0 Å². The third-order valence-corrected chi connectivity index (χ3v) is 3.06. The summed E-state index contributed by atoms with van der Waals surface area (Å²) >= 11 is 0. The molecule has 0 spiro atoms. The van der Waals surface area contributed by atoms with Crippen LogP contribution in [0.25, 0.3) is 0 Å². The van der Waals surface area contributed by atoms with E-state index in [1.165, 1.54) is 0 Å². The van der Waals surface area contributed by atoms with Crippen LogP contribution in [0.2, 0.25) is 0 Å². The molecule has 0 amide bonds. The van der Waals surface area contributed by atoms with Crippen molar-refractivity contribution in [2.75, 3.05) is 14.2 Å². The van der Waals surface area contributed by atoms with E-state index in [9.17, 15) is 0 Å². The van der Waals surface area contributed by atoms with Crippen molar-refractivity contribution in [3.8, 4) is 11.5 Å². The summed E-state index contributed by atoms with van der Waals surface area (Å²) in [5.74, 6) is -0.644. The molecular weight excluding hydrogens is 208 g/mol. The normalized spacial score (nSPS) is 32.5. The summed E-state index contributed by atoms with van der Waals surface area (Å²) in [5.41, 5.74) is 0. The average molecular weight is 224 g/mol. The Morgan fingerprint density at radius 1 is 0.875 bits per heavy atom. The molecule has 0 fully saturated rings. The molecule has 2 unspecified atom stereocenters. The van der Waals surface area contributed by atoms with Crippen LogP contribution in [-0.2, 0) is 9.47 Å². The van der Waals surface area contributed by atoms with E-state index in [0.29, 0.717) is 11.5 Å². The number of ether oxygens (including phenoxy) is 4. The number of benzene rings is 1. The first-order valence-electron chi connectivity index (χ1n) is 5.12. The smallest absolute Gasteiger partial charge is 0.273 e. The van der Waals surface area contributed by atoms with Gasteiger partial charge in [0.25, 0.3) is 11.6 Å². The monoisotopic (exact) mass is 224 g/mol. The summed E-state index contributed by atoms with van der Waals surface area (Å²) in [6.45, 7) is 3.57. The van der Waals surface area contributed by atoms with Gasteiger partial charge in [0.05, 0.1) is 0 Å². The van der Waals surface area contributed by atoms with Gasteiger partial charge in [0.15, 0.2) is 11.5 Å². The molecule has 1 aliphatic rings. The predicted octanol–water partition coefficient (Wildman–Crippen LogP) is 2.18. The maximum Gasteiger partial charge on any atom is 0.273 e. The lowest BCUT2D eigenvalue weighted by Gasteiger charge is -2.46. The van der Waals surface area contributed by atoms with Gasteiger partial charge in [-0.2, -0.15) is 0 Å². The molecular formula is C12H16O4. The topological polar surface area (TPSA) is 36.9 Å². The van der Waals surface area contributed by atoms with Crippen molar-refractivity contribution in [2.24, 2.45) is 0 Å². The van der Waals surface area contributed by atoms with E-state index in [1.807, 2.05) is 24.3 Å². The van der Waals surface area contributed by atoms with Crippen LogP contribution in [-0.4, -0.2) is 25.8 Å². The predicted molar refractivity (Wildman–Crippen MR) is 58.5 cm³/mol. The van der Waals surface area contributed by atoms with Crippen LogP contribution in [0.15, 0.2) is 24.3 Å². The highest BCUT2D eigenvalue weighted by Crippen LogP contribution is 2.43. The molecule has 1 heterocycles. The summed E-state index contributed by atoms with van der Waals surface area (Å²) in [4.78, 5) is 0. The second-order valence-electron chi connectivity index (χ2n) is 3.95. The van der Waals surface area contributed by atoms with Crippen molar-refractivity contribution in [1.82, 2.24) is 0 Å². The van der Waals surface area contributed by atoms with Crippen LogP contribution in [0.1, 0.15) is 13.8 Å². The van der Waals surface area contributed by atoms with Crippen molar-refractivity contribution in [1.29, 1.82) is 0 Å². The fourth-order valence-corrected chi connectivity index (χ4v) is 1.68. The zero-order chi connectivity index (χ0) is 11.8. The fourth-order valence-electron chi connectivity index (χ4n) is 1.68. The van der Waals surface area contributed by atoms with E-state index in [0.717, 1.165) is 0 Å². The number of hydrogen-bond acceptors (Lipinski definition) is 4. The molecule has 2 rings (SSSR count). The third kappa shape index (κ3) is 1.45. The minimum atomic E-state index is -0.976. The van der Waals surface area contributed by atoms with Crippen LogP contribution in [0.5, 0.6) is 11.5 Å². The van der Waals surface area contributed by atoms with Gasteiger partial charge in [-0.15, -0.1) is 0 Å². The fraction of sp³-hybridized carbons (Fsp3) is 0.500. The molecule has 16 heavy (non-hydrogen) atoms. The summed E-state index contributed by atoms with van der Waals surface area (Å²) in [6, 6.07) is 7.44. The molecule has 0 aliphatic carbocycles. The minimum Gasteiger partial charge on any atom is -0.452 e. The Bertz CT molecular complexity index is 355. The molecule has 0 bridgehead atoms. The molecule has 0 N–H and O–H groups in total. The standard InChI is InChI=1S/C12H16O4/c1-11(13-3)12(2,14-4)16-10-8-6-5-7-9(10)15-11/h5-8H,1-4H3. The highest BCUT2D eigenvalue weighted by atomic mass is 16.8. The Labute approximate surface area is 95.1 Å². The summed E-state index contributed by atoms with van der Waals surface area (Å²) in [7, 11) is 3.13. The SMILES string of the molecule is COC1(C)Oc2ccccc2OC1(C)OC. The van der Waals surface area contributed by atoms with Crippen LogP contribution < -0.4 is 9.47 Å². The molecule has 0 radical (unpaired) electrons. The van der Waals surface area contributed by atoms with Gasteiger partial charge in [-0.05, 0) is 12.1 Å². The van der Waals surface area contributed by atoms with E-state index in [-0.39, 0.29) is 0 Å². The highest BCUT2D eigenvalue weighted by molar-refractivity contribution is 5.42. The van der Waals surface area contributed by atoms with Gasteiger partial charge in [-0.3, -0.25) is 0 Å².